The third-order valence-electron chi connectivity index (χ3n) is 12.1. The largest absolute Gasteiger partial charge is 0.133 e. The Labute approximate surface area is 350 Å². The van der Waals surface area contributed by atoms with E-state index in [0.29, 0.717) is 0 Å². The number of thiophene rings is 3. The third kappa shape index (κ3) is 4.59. The van der Waals surface area contributed by atoms with Crippen LogP contribution in [0.3, 0.4) is 0 Å². The number of hydrogen-bond donors (Lipinski definition) is 0. The molecule has 55 heavy (non-hydrogen) atoms. The summed E-state index contributed by atoms with van der Waals surface area (Å²) in [5, 5.41) is 0. The minimum atomic E-state index is -0.469. The van der Waals surface area contributed by atoms with Gasteiger partial charge >= 0.3 is 0 Å². The molecule has 0 spiro atoms. The van der Waals surface area contributed by atoms with Crippen LogP contribution in [0.2, 0.25) is 0 Å². The van der Waals surface area contributed by atoms with Crippen LogP contribution in [0.4, 0.5) is 0 Å². The van der Waals surface area contributed by atoms with Gasteiger partial charge in [-0.25, -0.2) is 0 Å². The topological polar surface area (TPSA) is 0 Å². The predicted octanol–water partition coefficient (Wildman–Crippen LogP) is 15.7. The Morgan fingerprint density at radius 2 is 0.673 bits per heavy atom. The number of rotatable bonds is 4. The zero-order chi connectivity index (χ0) is 37.4. The Bertz CT molecular complexity index is 2710. The van der Waals surface area contributed by atoms with Gasteiger partial charge in [0.15, 0.2) is 0 Å². The van der Waals surface area contributed by atoms with Crippen molar-refractivity contribution in [2.24, 2.45) is 0 Å². The van der Waals surface area contributed by atoms with E-state index >= 15 is 0 Å². The van der Waals surface area contributed by atoms with Crippen molar-refractivity contribution in [2.45, 2.75) is 38.5 Å². The van der Waals surface area contributed by atoms with E-state index in [0.717, 1.165) is 8.95 Å². The minimum absolute atomic E-state index is 0.469. The van der Waals surface area contributed by atoms with Crippen molar-refractivity contribution in [3.63, 3.8) is 0 Å². The van der Waals surface area contributed by atoms with Crippen molar-refractivity contribution in [1.29, 1.82) is 0 Å². The molecular weight excluding hydrogens is 857 g/mol. The van der Waals surface area contributed by atoms with Crippen LogP contribution in [0.1, 0.15) is 66.8 Å². The molecule has 0 saturated carbocycles. The molecule has 6 aromatic carbocycles. The van der Waals surface area contributed by atoms with Gasteiger partial charge < -0.3 is 0 Å². The van der Waals surface area contributed by atoms with Gasteiger partial charge in [-0.2, -0.15) is 0 Å². The molecular formula is C50H34Br2S3. The summed E-state index contributed by atoms with van der Waals surface area (Å²) in [5.74, 6) is 0. The smallest absolute Gasteiger partial charge is 0.0736 e. The van der Waals surface area contributed by atoms with Crippen LogP contribution in [-0.4, -0.2) is 0 Å². The van der Waals surface area contributed by atoms with Crippen LogP contribution in [0.25, 0.3) is 39.7 Å². The monoisotopic (exact) mass is 888 g/mol. The van der Waals surface area contributed by atoms with E-state index in [1.165, 1.54) is 106 Å². The first kappa shape index (κ1) is 34.2. The van der Waals surface area contributed by atoms with Crippen molar-refractivity contribution < 1.29 is 0 Å². The van der Waals surface area contributed by atoms with E-state index in [-0.39, 0.29) is 0 Å². The molecule has 9 aromatic rings. The SMILES string of the molecule is Cc1ccc(C2(c3ccc(C)cc3)c3cc(Br)ccc3-c3sc4c(sc5c6c(sc54)-c4ccc(Br)cc4C6(c4ccc(C)cc4)c4ccc(C)cc4)c32)cc1. The first-order valence-corrected chi connectivity index (χ1v) is 22.6. The molecule has 0 radical (unpaired) electrons. The highest BCUT2D eigenvalue weighted by Gasteiger charge is 2.52. The summed E-state index contributed by atoms with van der Waals surface area (Å²) in [4.78, 5) is 2.79. The first-order chi connectivity index (χ1) is 26.7. The van der Waals surface area contributed by atoms with E-state index in [1.807, 2.05) is 34.0 Å². The number of halogens is 2. The Hall–Kier alpha value is -4.10. The molecule has 0 saturated heterocycles. The molecule has 3 heterocycles. The second-order valence-electron chi connectivity index (χ2n) is 15.4. The Balaban J connectivity index is 1.29. The van der Waals surface area contributed by atoms with Gasteiger partial charge in [-0.05, 0) is 96.5 Å². The lowest BCUT2D eigenvalue weighted by Crippen LogP contribution is -2.28. The molecule has 0 aliphatic heterocycles. The molecule has 3 aromatic heterocycles. The Morgan fingerprint density at radius 3 is 0.982 bits per heavy atom. The molecule has 266 valence electrons. The maximum Gasteiger partial charge on any atom is 0.0736 e. The van der Waals surface area contributed by atoms with Crippen molar-refractivity contribution >= 4 is 84.7 Å². The lowest BCUT2D eigenvalue weighted by atomic mass is 9.67. The van der Waals surface area contributed by atoms with Gasteiger partial charge in [0.1, 0.15) is 0 Å². The maximum atomic E-state index is 3.91. The van der Waals surface area contributed by atoms with Crippen LogP contribution in [0.5, 0.6) is 0 Å². The van der Waals surface area contributed by atoms with E-state index < -0.39 is 10.8 Å². The van der Waals surface area contributed by atoms with Gasteiger partial charge in [0, 0.05) is 29.8 Å². The quantitative estimate of drug-likeness (QED) is 0.165. The van der Waals surface area contributed by atoms with Gasteiger partial charge in [-0.1, -0.05) is 163 Å². The molecule has 0 unspecified atom stereocenters. The van der Waals surface area contributed by atoms with Crippen LogP contribution >= 0.6 is 65.9 Å². The van der Waals surface area contributed by atoms with E-state index in [9.17, 15) is 0 Å². The summed E-state index contributed by atoms with van der Waals surface area (Å²) in [7, 11) is 0. The highest BCUT2D eigenvalue weighted by atomic mass is 79.9. The van der Waals surface area contributed by atoms with Crippen molar-refractivity contribution in [3.05, 3.63) is 209 Å². The Morgan fingerprint density at radius 1 is 0.364 bits per heavy atom. The summed E-state index contributed by atoms with van der Waals surface area (Å²) in [6.07, 6.45) is 0. The van der Waals surface area contributed by atoms with Crippen molar-refractivity contribution in [3.8, 4) is 20.9 Å². The van der Waals surface area contributed by atoms with Crippen LogP contribution in [0.15, 0.2) is 142 Å². The van der Waals surface area contributed by atoms with Gasteiger partial charge in [0.2, 0.25) is 0 Å². The number of aryl methyl sites for hydroxylation is 4. The molecule has 5 heteroatoms. The molecule has 2 aliphatic rings. The van der Waals surface area contributed by atoms with Crippen molar-refractivity contribution in [1.82, 2.24) is 0 Å². The summed E-state index contributed by atoms with van der Waals surface area (Å²) < 4.78 is 7.88. The molecule has 0 amide bonds. The first-order valence-electron chi connectivity index (χ1n) is 18.6. The summed E-state index contributed by atoms with van der Waals surface area (Å²) >= 11 is 13.9. The van der Waals surface area contributed by atoms with Gasteiger partial charge in [-0.3, -0.25) is 0 Å². The number of benzene rings is 6. The van der Waals surface area contributed by atoms with Crippen LogP contribution < -0.4 is 0 Å². The summed E-state index contributed by atoms with van der Waals surface area (Å²) in [6, 6.07) is 51.2. The normalized spacial score (nSPS) is 14.7. The molecule has 0 atom stereocenters. The zero-order valence-corrected chi connectivity index (χ0v) is 36.3. The minimum Gasteiger partial charge on any atom is -0.133 e. The number of fused-ring (bicyclic) bond motifs is 11. The summed E-state index contributed by atoms with van der Waals surface area (Å²) in [5.41, 5.74) is 17.7. The molecule has 0 nitrogen and oxygen atoms in total. The fourth-order valence-electron chi connectivity index (χ4n) is 9.55. The Kier molecular flexibility index (Phi) is 7.58. The molecule has 0 N–H and O–H groups in total. The fraction of sp³-hybridized carbons (Fsp3) is 0.120. The van der Waals surface area contributed by atoms with Gasteiger partial charge in [0.05, 0.1) is 29.6 Å². The second-order valence-corrected chi connectivity index (χ2v) is 20.3. The fourth-order valence-corrected chi connectivity index (χ4v) is 15.1. The molecule has 11 rings (SSSR count). The van der Waals surface area contributed by atoms with Crippen LogP contribution in [0, 0.1) is 27.7 Å². The average Bonchev–Trinajstić information content (AvgIpc) is 3.95. The van der Waals surface area contributed by atoms with Crippen molar-refractivity contribution in [2.75, 3.05) is 0 Å². The lowest BCUT2D eigenvalue weighted by molar-refractivity contribution is 0.776. The molecule has 0 fully saturated rings. The third-order valence-corrected chi connectivity index (χ3v) is 17.2. The predicted molar refractivity (Wildman–Crippen MR) is 244 cm³/mol. The maximum absolute atomic E-state index is 3.91. The second kappa shape index (κ2) is 12.2. The summed E-state index contributed by atoms with van der Waals surface area (Å²) in [6.45, 7) is 8.76. The van der Waals surface area contributed by atoms with E-state index in [2.05, 4.69) is 193 Å². The highest BCUT2D eigenvalue weighted by molar-refractivity contribution is 9.10. The van der Waals surface area contributed by atoms with Crippen LogP contribution in [-0.2, 0) is 10.8 Å². The molecule has 0 bridgehead atoms. The van der Waals surface area contributed by atoms with E-state index in [1.54, 1.807) is 0 Å². The highest BCUT2D eigenvalue weighted by Crippen LogP contribution is 2.68. The molecule has 2 aliphatic carbocycles. The average molecular weight is 891 g/mol. The lowest BCUT2D eigenvalue weighted by Gasteiger charge is -2.34. The van der Waals surface area contributed by atoms with Gasteiger partial charge in [0.25, 0.3) is 0 Å². The zero-order valence-electron chi connectivity index (χ0n) is 30.7. The standard InChI is InChI=1S/C50H34Br2S3/c1-27-5-13-31(14-6-27)49(32-15-7-28(2)8-16-32)39-25-35(51)21-23-37(39)43-41(49)45-47(53-43)48-46(55-45)42-44(54-48)38-24-22-36(52)26-40(38)50(42,33-17-9-29(3)10-18-33)34-19-11-30(4)12-20-34/h5-26H,1-4H3. The van der Waals surface area contributed by atoms with E-state index in [4.69, 9.17) is 0 Å². The van der Waals surface area contributed by atoms with Gasteiger partial charge in [-0.15, -0.1) is 34.0 Å². The number of hydrogen-bond acceptors (Lipinski definition) is 3.